The number of pyridine rings is 2. The number of thioether (sulfide) groups is 1. The Bertz CT molecular complexity index is 1020. The first-order valence-corrected chi connectivity index (χ1v) is 9.30. The van der Waals surface area contributed by atoms with E-state index in [1.165, 1.54) is 0 Å². The fourth-order valence-electron chi connectivity index (χ4n) is 2.47. The van der Waals surface area contributed by atoms with Crippen LogP contribution in [0.5, 0.6) is 5.75 Å². The first-order valence-electron chi connectivity index (χ1n) is 8.48. The Labute approximate surface area is 162 Å². The summed E-state index contributed by atoms with van der Waals surface area (Å²) in [5, 5.41) is 8.68. The van der Waals surface area contributed by atoms with Gasteiger partial charge in [-0.3, -0.25) is 10.4 Å². The maximum Gasteiger partial charge on any atom is 0.166 e. The van der Waals surface area contributed by atoms with E-state index in [1.807, 2.05) is 50.2 Å². The van der Waals surface area contributed by atoms with Gasteiger partial charge in [-0.05, 0) is 47.7 Å². The second-order valence-electron chi connectivity index (χ2n) is 6.20. The minimum absolute atomic E-state index is 0.108. The Hall–Kier alpha value is -2.93. The van der Waals surface area contributed by atoms with Crippen LogP contribution >= 0.6 is 11.8 Å². The van der Waals surface area contributed by atoms with Crippen molar-refractivity contribution in [2.24, 2.45) is 16.6 Å². The van der Waals surface area contributed by atoms with Crippen molar-refractivity contribution >= 4 is 38.8 Å². The quantitative estimate of drug-likeness (QED) is 0.509. The Balaban J connectivity index is 2.02. The molecule has 0 fully saturated rings. The van der Waals surface area contributed by atoms with Gasteiger partial charge in [0.05, 0.1) is 23.2 Å². The van der Waals surface area contributed by atoms with Gasteiger partial charge in [-0.1, -0.05) is 26.0 Å². The van der Waals surface area contributed by atoms with Crippen molar-refractivity contribution in [2.45, 2.75) is 13.8 Å². The van der Waals surface area contributed by atoms with Crippen LogP contribution in [0.2, 0.25) is 0 Å². The van der Waals surface area contributed by atoms with Crippen molar-refractivity contribution < 1.29 is 4.74 Å². The molecule has 0 aliphatic rings. The number of aliphatic imine (C=N–C) groups is 1. The molecule has 138 valence electrons. The van der Waals surface area contributed by atoms with Crippen LogP contribution in [-0.4, -0.2) is 27.3 Å². The minimum Gasteiger partial charge on any atom is -0.497 e. The molecule has 2 heterocycles. The van der Waals surface area contributed by atoms with Crippen molar-refractivity contribution in [3.63, 3.8) is 0 Å². The smallest absolute Gasteiger partial charge is 0.166 e. The number of benzene rings is 1. The second-order valence-corrected chi connectivity index (χ2v) is 7.26. The van der Waals surface area contributed by atoms with Crippen molar-refractivity contribution in [3.8, 4) is 16.9 Å². The van der Waals surface area contributed by atoms with Gasteiger partial charge in [0, 0.05) is 17.7 Å². The molecule has 0 saturated heterocycles. The largest absolute Gasteiger partial charge is 0.497 e. The molecule has 0 aliphatic carbocycles. The SMILES string of the molecule is COc1cccc(-c2ccnc3ccc(N=C(N)SC(=N)C(C)C)nc23)c1. The molecule has 0 atom stereocenters. The van der Waals surface area contributed by atoms with Crippen LogP contribution in [0.25, 0.3) is 22.2 Å². The van der Waals surface area contributed by atoms with E-state index >= 15 is 0 Å². The zero-order valence-corrected chi connectivity index (χ0v) is 16.2. The predicted octanol–water partition coefficient (Wildman–Crippen LogP) is 4.62. The Morgan fingerprint density at radius 1 is 1.22 bits per heavy atom. The number of nitrogens with zero attached hydrogens (tertiary/aromatic N) is 3. The predicted molar refractivity (Wildman–Crippen MR) is 113 cm³/mol. The highest BCUT2D eigenvalue weighted by Gasteiger charge is 2.10. The number of nitrogens with one attached hydrogen (secondary N) is 1. The first-order chi connectivity index (χ1) is 13.0. The molecule has 7 heteroatoms. The number of ether oxygens (including phenoxy) is 1. The monoisotopic (exact) mass is 379 g/mol. The average Bonchev–Trinajstić information content (AvgIpc) is 2.67. The molecule has 27 heavy (non-hydrogen) atoms. The number of aromatic nitrogens is 2. The number of fused-ring (bicyclic) bond motifs is 1. The number of hydrogen-bond donors (Lipinski definition) is 2. The topological polar surface area (TPSA) is 97.2 Å². The minimum atomic E-state index is 0.108. The highest BCUT2D eigenvalue weighted by molar-refractivity contribution is 8.26. The van der Waals surface area contributed by atoms with Gasteiger partial charge >= 0.3 is 0 Å². The number of nitrogens with two attached hydrogens (primary N) is 1. The van der Waals surface area contributed by atoms with Gasteiger partial charge in [0.15, 0.2) is 11.0 Å². The van der Waals surface area contributed by atoms with Crippen molar-refractivity contribution in [1.29, 1.82) is 5.41 Å². The maximum atomic E-state index is 7.92. The molecule has 0 aliphatic heterocycles. The van der Waals surface area contributed by atoms with E-state index in [4.69, 9.17) is 15.9 Å². The molecule has 6 nitrogen and oxygen atoms in total. The van der Waals surface area contributed by atoms with Crippen LogP contribution in [0.3, 0.4) is 0 Å². The second kappa shape index (κ2) is 8.18. The lowest BCUT2D eigenvalue weighted by Crippen LogP contribution is -2.12. The first kappa shape index (κ1) is 18.8. The molecule has 0 unspecified atom stereocenters. The maximum absolute atomic E-state index is 7.92. The van der Waals surface area contributed by atoms with E-state index in [9.17, 15) is 0 Å². The molecule has 3 aromatic rings. The Kier molecular flexibility index (Phi) is 5.71. The summed E-state index contributed by atoms with van der Waals surface area (Å²) in [5.41, 5.74) is 9.42. The third kappa shape index (κ3) is 4.43. The molecular weight excluding hydrogens is 358 g/mol. The summed E-state index contributed by atoms with van der Waals surface area (Å²) in [6.45, 7) is 3.89. The van der Waals surface area contributed by atoms with Gasteiger partial charge < -0.3 is 10.5 Å². The normalized spacial score (nSPS) is 11.8. The lowest BCUT2D eigenvalue weighted by Gasteiger charge is -2.08. The average molecular weight is 379 g/mol. The molecule has 0 spiro atoms. The highest BCUT2D eigenvalue weighted by atomic mass is 32.2. The molecule has 1 aromatic carbocycles. The standard InChI is InChI=1S/C20H21N5OS/c1-12(2)19(21)27-20(22)25-17-8-7-16-18(24-17)15(9-10-23-16)13-5-4-6-14(11-13)26-3/h4-12,21H,1-3H3,(H2,22,24,25). The summed E-state index contributed by atoms with van der Waals surface area (Å²) in [7, 11) is 1.64. The fraction of sp³-hybridized carbons (Fsp3) is 0.200. The zero-order valence-electron chi connectivity index (χ0n) is 15.4. The summed E-state index contributed by atoms with van der Waals surface area (Å²) in [5.74, 6) is 1.37. The van der Waals surface area contributed by atoms with Crippen LogP contribution in [0, 0.1) is 11.3 Å². The molecule has 0 bridgehead atoms. The zero-order chi connectivity index (χ0) is 19.4. The molecule has 0 saturated carbocycles. The van der Waals surface area contributed by atoms with Crippen molar-refractivity contribution in [3.05, 3.63) is 48.7 Å². The molecule has 3 N–H and O–H groups in total. The molecule has 3 rings (SSSR count). The van der Waals surface area contributed by atoms with Crippen molar-refractivity contribution in [1.82, 2.24) is 9.97 Å². The van der Waals surface area contributed by atoms with Gasteiger partial charge in [0.1, 0.15) is 5.75 Å². The summed E-state index contributed by atoms with van der Waals surface area (Å²) in [6.07, 6.45) is 1.76. The third-order valence-corrected chi connectivity index (χ3v) is 4.91. The van der Waals surface area contributed by atoms with Crippen LogP contribution in [0.1, 0.15) is 13.8 Å². The number of hydrogen-bond acceptors (Lipinski definition) is 6. The third-order valence-electron chi connectivity index (χ3n) is 3.91. The van der Waals surface area contributed by atoms with E-state index in [-0.39, 0.29) is 5.92 Å². The highest BCUT2D eigenvalue weighted by Crippen LogP contribution is 2.30. The van der Waals surface area contributed by atoms with E-state index in [0.717, 1.165) is 39.7 Å². The van der Waals surface area contributed by atoms with Crippen molar-refractivity contribution in [2.75, 3.05) is 7.11 Å². The number of methoxy groups -OCH3 is 1. The lowest BCUT2D eigenvalue weighted by atomic mass is 10.0. The van der Waals surface area contributed by atoms with E-state index in [0.29, 0.717) is 16.0 Å². The van der Waals surface area contributed by atoms with E-state index in [2.05, 4.69) is 15.0 Å². The summed E-state index contributed by atoms with van der Waals surface area (Å²) in [6, 6.07) is 13.4. The van der Waals surface area contributed by atoms with Gasteiger partial charge in [0.25, 0.3) is 0 Å². The van der Waals surface area contributed by atoms with Gasteiger partial charge in [-0.25, -0.2) is 9.98 Å². The Morgan fingerprint density at radius 2 is 2.04 bits per heavy atom. The molecule has 2 aromatic heterocycles. The molecule has 0 radical (unpaired) electrons. The van der Waals surface area contributed by atoms with Crippen LogP contribution in [0.15, 0.2) is 53.7 Å². The van der Waals surface area contributed by atoms with Crippen LogP contribution in [0.4, 0.5) is 5.82 Å². The van der Waals surface area contributed by atoms with Gasteiger partial charge in [0.2, 0.25) is 0 Å². The van der Waals surface area contributed by atoms with E-state index < -0.39 is 0 Å². The summed E-state index contributed by atoms with van der Waals surface area (Å²) >= 11 is 1.15. The molecular formula is C20H21N5OS. The number of amidine groups is 1. The van der Waals surface area contributed by atoms with Gasteiger partial charge in [-0.15, -0.1) is 0 Å². The van der Waals surface area contributed by atoms with Crippen LogP contribution < -0.4 is 10.5 Å². The lowest BCUT2D eigenvalue weighted by molar-refractivity contribution is 0.415. The van der Waals surface area contributed by atoms with Gasteiger partial charge in [-0.2, -0.15) is 0 Å². The summed E-state index contributed by atoms with van der Waals surface area (Å²) < 4.78 is 5.32. The van der Waals surface area contributed by atoms with Crippen LogP contribution in [-0.2, 0) is 0 Å². The fourth-order valence-corrected chi connectivity index (χ4v) is 3.07. The Morgan fingerprint density at radius 3 is 2.78 bits per heavy atom. The summed E-state index contributed by atoms with van der Waals surface area (Å²) in [4.78, 5) is 13.4. The number of rotatable bonds is 4. The van der Waals surface area contributed by atoms with E-state index in [1.54, 1.807) is 19.4 Å². The molecule has 0 amide bonds.